The maximum Gasteiger partial charge on any atom is 0.276 e. The number of hydrazone groups is 1. The number of aromatic nitrogens is 1. The van der Waals surface area contributed by atoms with Gasteiger partial charge in [-0.05, 0) is 44.0 Å². The molecule has 0 bridgehead atoms. The number of hydrogen-bond donors (Lipinski definition) is 1. The molecule has 1 aromatic heterocycles. The molecule has 2 aromatic carbocycles. The van der Waals surface area contributed by atoms with Crippen LogP contribution in [0.5, 0.6) is 0 Å². The van der Waals surface area contributed by atoms with Crippen molar-refractivity contribution in [2.75, 3.05) is 24.5 Å². The molecular formula is C25H23F4N5O2S. The van der Waals surface area contributed by atoms with Gasteiger partial charge in [-0.3, -0.25) is 0 Å². The molecule has 7 nitrogen and oxygen atoms in total. The fourth-order valence-corrected chi connectivity index (χ4v) is 5.34. The molecule has 1 spiro atoms. The predicted octanol–water partition coefficient (Wildman–Crippen LogP) is 3.94. The molecule has 3 aromatic rings. The summed E-state index contributed by atoms with van der Waals surface area (Å²) in [4.78, 5) is 9.24. The average molecular weight is 534 g/mol. The molecule has 2 aliphatic rings. The van der Waals surface area contributed by atoms with E-state index >= 15 is 0 Å². The van der Waals surface area contributed by atoms with Crippen LogP contribution >= 0.6 is 0 Å². The Balaban J connectivity index is 1.51. The van der Waals surface area contributed by atoms with Crippen molar-refractivity contribution >= 4 is 21.7 Å². The molecule has 37 heavy (non-hydrogen) atoms. The van der Waals surface area contributed by atoms with E-state index in [1.54, 1.807) is 21.9 Å². The molecule has 2 fully saturated rings. The van der Waals surface area contributed by atoms with Crippen molar-refractivity contribution in [3.05, 3.63) is 89.1 Å². The fraction of sp³-hybridized carbons (Fsp3) is 0.280. The van der Waals surface area contributed by atoms with E-state index in [4.69, 9.17) is 0 Å². The Morgan fingerprint density at radius 3 is 2.30 bits per heavy atom. The fourth-order valence-electron chi connectivity index (χ4n) is 4.54. The predicted molar refractivity (Wildman–Crippen MR) is 129 cm³/mol. The lowest BCUT2D eigenvalue weighted by Gasteiger charge is -2.44. The van der Waals surface area contributed by atoms with Gasteiger partial charge in [0.05, 0.1) is 22.2 Å². The smallest absolute Gasteiger partial charge is 0.276 e. The lowest BCUT2D eigenvalue weighted by atomic mass is 10.1. The van der Waals surface area contributed by atoms with Crippen LogP contribution in [0.2, 0.25) is 0 Å². The standard InChI is InChI=1S/C25H23F4N5O2S/c1-16-5-7-18(8-6-16)37(35,36)32-31-24(22-19(27)3-2-4-20(22)28)34-12-11-33(15-25(34)9-10-25)23-21(29)13-17(26)14-30-23/h2-8,13-14,32H,9-12,15H2,1H3/b31-24-. The van der Waals surface area contributed by atoms with Crippen molar-refractivity contribution in [2.45, 2.75) is 30.2 Å². The first-order chi connectivity index (χ1) is 17.6. The molecule has 0 amide bonds. The summed E-state index contributed by atoms with van der Waals surface area (Å²) < 4.78 is 83.4. The van der Waals surface area contributed by atoms with Crippen LogP contribution in [0.3, 0.4) is 0 Å². The number of halogens is 4. The van der Waals surface area contributed by atoms with Gasteiger partial charge in [0.15, 0.2) is 17.5 Å². The summed E-state index contributed by atoms with van der Waals surface area (Å²) >= 11 is 0. The number of pyridine rings is 1. The van der Waals surface area contributed by atoms with Gasteiger partial charge >= 0.3 is 0 Å². The number of hydrogen-bond acceptors (Lipinski definition) is 5. The number of nitrogens with zero attached hydrogens (tertiary/aromatic N) is 4. The highest BCUT2D eigenvalue weighted by molar-refractivity contribution is 7.89. The number of piperazine rings is 1. The number of amidine groups is 1. The first kappa shape index (κ1) is 25.0. The summed E-state index contributed by atoms with van der Waals surface area (Å²) in [5.74, 6) is -3.66. The molecule has 194 valence electrons. The molecule has 1 aliphatic carbocycles. The largest absolute Gasteiger partial charge is 0.350 e. The van der Waals surface area contributed by atoms with Crippen LogP contribution in [0.25, 0.3) is 0 Å². The van der Waals surface area contributed by atoms with Crippen LogP contribution in [0.4, 0.5) is 23.4 Å². The minimum Gasteiger partial charge on any atom is -0.350 e. The number of rotatable bonds is 5. The van der Waals surface area contributed by atoms with Gasteiger partial charge < -0.3 is 9.80 Å². The maximum absolute atomic E-state index is 14.9. The SMILES string of the molecule is Cc1ccc(S(=O)(=O)N/N=C(/c2c(F)cccc2F)N2CCN(c3ncc(F)cc3F)CC23CC3)cc1. The molecule has 1 saturated carbocycles. The second-order valence-electron chi connectivity index (χ2n) is 9.20. The lowest BCUT2D eigenvalue weighted by molar-refractivity contribution is 0.256. The Hall–Kier alpha value is -3.67. The van der Waals surface area contributed by atoms with Crippen molar-refractivity contribution in [3.63, 3.8) is 0 Å². The summed E-state index contributed by atoms with van der Waals surface area (Å²) in [5.41, 5.74) is -0.305. The number of aryl methyl sites for hydroxylation is 1. The summed E-state index contributed by atoms with van der Waals surface area (Å²) in [6, 6.07) is 10.1. The highest BCUT2D eigenvalue weighted by Gasteiger charge is 2.53. The van der Waals surface area contributed by atoms with Gasteiger partial charge in [0.2, 0.25) is 0 Å². The van der Waals surface area contributed by atoms with Crippen molar-refractivity contribution in [1.82, 2.24) is 14.7 Å². The maximum atomic E-state index is 14.9. The highest BCUT2D eigenvalue weighted by atomic mass is 32.2. The number of nitrogens with one attached hydrogen (secondary N) is 1. The molecule has 5 rings (SSSR count). The average Bonchev–Trinajstić information content (AvgIpc) is 3.61. The zero-order valence-electron chi connectivity index (χ0n) is 19.8. The van der Waals surface area contributed by atoms with E-state index < -0.39 is 44.4 Å². The summed E-state index contributed by atoms with van der Waals surface area (Å²) in [6.45, 7) is 2.35. The minimum absolute atomic E-state index is 0.0250. The van der Waals surface area contributed by atoms with Crippen molar-refractivity contribution in [1.29, 1.82) is 0 Å². The van der Waals surface area contributed by atoms with Crippen molar-refractivity contribution in [3.8, 4) is 0 Å². The van der Waals surface area contributed by atoms with E-state index in [2.05, 4.69) is 14.9 Å². The Morgan fingerprint density at radius 2 is 1.68 bits per heavy atom. The van der Waals surface area contributed by atoms with E-state index in [-0.39, 0.29) is 36.2 Å². The van der Waals surface area contributed by atoms with Crippen LogP contribution in [0.1, 0.15) is 24.0 Å². The van der Waals surface area contributed by atoms with E-state index in [0.717, 1.165) is 30.0 Å². The van der Waals surface area contributed by atoms with Crippen LogP contribution in [0.15, 0.2) is 64.7 Å². The monoisotopic (exact) mass is 533 g/mol. The highest BCUT2D eigenvalue weighted by Crippen LogP contribution is 2.46. The molecule has 0 radical (unpaired) electrons. The van der Waals surface area contributed by atoms with Crippen LogP contribution in [0, 0.1) is 30.2 Å². The topological polar surface area (TPSA) is 77.9 Å². The van der Waals surface area contributed by atoms with Crippen LogP contribution < -0.4 is 9.73 Å². The van der Waals surface area contributed by atoms with E-state index in [9.17, 15) is 26.0 Å². The van der Waals surface area contributed by atoms with Gasteiger partial charge in [-0.2, -0.15) is 13.2 Å². The molecule has 1 N–H and O–H groups in total. The minimum atomic E-state index is -4.14. The Morgan fingerprint density at radius 1 is 1.00 bits per heavy atom. The molecule has 12 heteroatoms. The Labute approximate surface area is 211 Å². The molecule has 0 unspecified atom stereocenters. The van der Waals surface area contributed by atoms with Gasteiger partial charge in [0.1, 0.15) is 17.5 Å². The zero-order chi connectivity index (χ0) is 26.4. The van der Waals surface area contributed by atoms with Crippen LogP contribution in [-0.2, 0) is 10.0 Å². The molecule has 2 heterocycles. The molecular weight excluding hydrogens is 510 g/mol. The molecule has 0 atom stereocenters. The van der Waals surface area contributed by atoms with Gasteiger partial charge in [0.25, 0.3) is 10.0 Å². The normalized spacial score (nSPS) is 17.3. The summed E-state index contributed by atoms with van der Waals surface area (Å²) in [7, 11) is -4.14. The quantitative estimate of drug-likeness (QED) is 0.233. The third kappa shape index (κ3) is 4.85. The molecule has 1 aliphatic heterocycles. The second-order valence-corrected chi connectivity index (χ2v) is 10.9. The lowest BCUT2D eigenvalue weighted by Crippen LogP contribution is -2.58. The van der Waals surface area contributed by atoms with Crippen molar-refractivity contribution in [2.24, 2.45) is 5.10 Å². The van der Waals surface area contributed by atoms with Gasteiger partial charge in [0, 0.05) is 25.7 Å². The number of anilines is 1. The van der Waals surface area contributed by atoms with Crippen LogP contribution in [-0.4, -0.2) is 49.3 Å². The van der Waals surface area contributed by atoms with Gasteiger partial charge in [-0.25, -0.2) is 22.5 Å². The first-order valence-electron chi connectivity index (χ1n) is 11.5. The third-order valence-corrected chi connectivity index (χ3v) is 7.84. The van der Waals surface area contributed by atoms with E-state index in [1.807, 2.05) is 6.92 Å². The Kier molecular flexibility index (Phi) is 6.30. The van der Waals surface area contributed by atoms with E-state index in [1.165, 1.54) is 18.2 Å². The first-order valence-corrected chi connectivity index (χ1v) is 13.0. The van der Waals surface area contributed by atoms with Gasteiger partial charge in [-0.15, -0.1) is 5.10 Å². The second kappa shape index (κ2) is 9.33. The summed E-state index contributed by atoms with van der Waals surface area (Å²) in [6.07, 6.45) is 2.10. The zero-order valence-corrected chi connectivity index (χ0v) is 20.6. The number of sulfonamides is 1. The molecule has 1 saturated heterocycles. The third-order valence-electron chi connectivity index (χ3n) is 6.61. The number of benzene rings is 2. The Bertz CT molecular complexity index is 1460. The van der Waals surface area contributed by atoms with Gasteiger partial charge in [-0.1, -0.05) is 23.8 Å². The van der Waals surface area contributed by atoms with E-state index in [0.29, 0.717) is 12.8 Å². The van der Waals surface area contributed by atoms with Crippen molar-refractivity contribution < 1.29 is 26.0 Å². The summed E-state index contributed by atoms with van der Waals surface area (Å²) in [5, 5.41) is 4.04.